The second kappa shape index (κ2) is 10.5. The number of hydrogen-bond donors (Lipinski definition) is 3. The van der Waals surface area contributed by atoms with Crippen LogP contribution in [0.5, 0.6) is 11.5 Å². The maximum Gasteiger partial charge on any atom is 0.407 e. The number of fused-ring (bicyclic) bond motifs is 1. The van der Waals surface area contributed by atoms with E-state index in [-0.39, 0.29) is 18.4 Å². The Labute approximate surface area is 187 Å². The van der Waals surface area contributed by atoms with Crippen LogP contribution >= 0.6 is 0 Å². The first kappa shape index (κ1) is 23.6. The molecule has 0 saturated carbocycles. The van der Waals surface area contributed by atoms with Gasteiger partial charge < -0.3 is 29.7 Å². The molecular formula is C22H32N4O6. The van der Waals surface area contributed by atoms with E-state index in [1.807, 2.05) is 20.8 Å². The van der Waals surface area contributed by atoms with Crippen LogP contribution in [-0.2, 0) is 9.53 Å². The summed E-state index contributed by atoms with van der Waals surface area (Å²) in [7, 11) is 0. The number of urea groups is 1. The Hall–Kier alpha value is -3.01. The van der Waals surface area contributed by atoms with Gasteiger partial charge in [0.15, 0.2) is 11.5 Å². The summed E-state index contributed by atoms with van der Waals surface area (Å²) in [6.45, 7) is 8.50. The zero-order valence-electron chi connectivity index (χ0n) is 18.9. The summed E-state index contributed by atoms with van der Waals surface area (Å²) in [5, 5.41) is 7.86. The van der Waals surface area contributed by atoms with E-state index >= 15 is 0 Å². The molecule has 4 amide bonds. The number of imide groups is 1. The number of piperidine rings is 1. The zero-order valence-corrected chi connectivity index (χ0v) is 18.9. The number of benzene rings is 1. The van der Waals surface area contributed by atoms with E-state index in [2.05, 4.69) is 20.9 Å². The van der Waals surface area contributed by atoms with Crippen molar-refractivity contribution in [2.75, 3.05) is 38.2 Å². The number of carbonyl (C=O) groups excluding carboxylic acids is 3. The highest BCUT2D eigenvalue weighted by Gasteiger charge is 2.24. The molecule has 0 aromatic heterocycles. The molecular weight excluding hydrogens is 416 g/mol. The summed E-state index contributed by atoms with van der Waals surface area (Å²) in [4.78, 5) is 38.3. The molecule has 0 unspecified atom stereocenters. The molecule has 1 aromatic rings. The van der Waals surface area contributed by atoms with E-state index in [1.54, 1.807) is 18.2 Å². The molecule has 3 N–H and O–H groups in total. The highest BCUT2D eigenvalue weighted by Crippen LogP contribution is 2.32. The summed E-state index contributed by atoms with van der Waals surface area (Å²) < 4.78 is 16.2. The van der Waals surface area contributed by atoms with Gasteiger partial charge in [0.1, 0.15) is 18.8 Å². The average Bonchev–Trinajstić information content (AvgIpc) is 2.71. The molecule has 1 fully saturated rings. The first-order valence-electron chi connectivity index (χ1n) is 10.9. The van der Waals surface area contributed by atoms with Crippen LogP contribution in [-0.4, -0.2) is 67.4 Å². The minimum Gasteiger partial charge on any atom is -0.486 e. The number of anilines is 1. The minimum absolute atomic E-state index is 0.0618. The average molecular weight is 449 g/mol. The third-order valence-electron chi connectivity index (χ3n) is 5.02. The number of alkyl carbamates (subject to hydrolysis) is 1. The smallest absolute Gasteiger partial charge is 0.407 e. The van der Waals surface area contributed by atoms with Gasteiger partial charge in [-0.05, 0) is 45.7 Å². The Balaban J connectivity index is 1.33. The predicted molar refractivity (Wildman–Crippen MR) is 118 cm³/mol. The predicted octanol–water partition coefficient (Wildman–Crippen LogP) is 2.49. The van der Waals surface area contributed by atoms with Crippen LogP contribution in [0, 0.1) is 0 Å². The molecule has 0 radical (unpaired) electrons. The van der Waals surface area contributed by atoms with Gasteiger partial charge >= 0.3 is 12.1 Å². The fraction of sp³-hybridized carbons (Fsp3) is 0.591. The molecule has 3 rings (SSSR count). The van der Waals surface area contributed by atoms with Crippen LogP contribution in [0.2, 0.25) is 0 Å². The molecule has 10 heteroatoms. The van der Waals surface area contributed by atoms with Crippen LogP contribution < -0.4 is 25.4 Å². The Morgan fingerprint density at radius 2 is 1.78 bits per heavy atom. The van der Waals surface area contributed by atoms with Gasteiger partial charge in [-0.25, -0.2) is 9.59 Å². The Morgan fingerprint density at radius 3 is 2.47 bits per heavy atom. The first-order chi connectivity index (χ1) is 15.2. The van der Waals surface area contributed by atoms with Gasteiger partial charge in [-0.15, -0.1) is 0 Å². The fourth-order valence-electron chi connectivity index (χ4n) is 3.51. The SMILES string of the molecule is CC(C)(C)OC(=O)NC1CCN(CCC(=O)NC(=O)Nc2ccc3c(c2)OCCO3)CC1. The number of likely N-dealkylation sites (tertiary alicyclic amines) is 1. The largest absolute Gasteiger partial charge is 0.486 e. The maximum absolute atomic E-state index is 12.1. The normalized spacial score (nSPS) is 16.7. The molecule has 0 aliphatic carbocycles. The Bertz CT molecular complexity index is 830. The summed E-state index contributed by atoms with van der Waals surface area (Å²) in [6.07, 6.45) is 1.37. The number of ether oxygens (including phenoxy) is 3. The molecule has 2 aliphatic heterocycles. The van der Waals surface area contributed by atoms with Crippen LogP contribution in [0.1, 0.15) is 40.0 Å². The second-order valence-electron chi connectivity index (χ2n) is 8.87. The lowest BCUT2D eigenvalue weighted by Crippen LogP contribution is -2.46. The molecule has 2 aliphatic rings. The van der Waals surface area contributed by atoms with Gasteiger partial charge in [0, 0.05) is 43.9 Å². The molecule has 1 saturated heterocycles. The van der Waals surface area contributed by atoms with Gasteiger partial charge in [0.2, 0.25) is 5.91 Å². The molecule has 10 nitrogen and oxygen atoms in total. The van der Waals surface area contributed by atoms with Crippen molar-refractivity contribution in [2.45, 2.75) is 51.7 Å². The summed E-state index contributed by atoms with van der Waals surface area (Å²) in [6, 6.07) is 4.53. The van der Waals surface area contributed by atoms with E-state index in [4.69, 9.17) is 14.2 Å². The number of nitrogens with one attached hydrogen (secondary N) is 3. The highest BCUT2D eigenvalue weighted by molar-refractivity contribution is 6.01. The van der Waals surface area contributed by atoms with Crippen molar-refractivity contribution in [1.29, 1.82) is 0 Å². The quantitative estimate of drug-likeness (QED) is 0.633. The number of carbonyl (C=O) groups is 3. The molecule has 0 bridgehead atoms. The van der Waals surface area contributed by atoms with Gasteiger partial charge in [-0.3, -0.25) is 10.1 Å². The van der Waals surface area contributed by atoms with Gasteiger partial charge in [-0.1, -0.05) is 0 Å². The highest BCUT2D eigenvalue weighted by atomic mass is 16.6. The lowest BCUT2D eigenvalue weighted by molar-refractivity contribution is -0.120. The first-order valence-corrected chi connectivity index (χ1v) is 10.9. The lowest BCUT2D eigenvalue weighted by Gasteiger charge is -2.32. The van der Waals surface area contributed by atoms with Crippen molar-refractivity contribution in [3.8, 4) is 11.5 Å². The molecule has 0 spiro atoms. The van der Waals surface area contributed by atoms with E-state index in [0.717, 1.165) is 25.9 Å². The van der Waals surface area contributed by atoms with Crippen molar-refractivity contribution in [3.63, 3.8) is 0 Å². The van der Waals surface area contributed by atoms with Crippen LogP contribution in [0.25, 0.3) is 0 Å². The monoisotopic (exact) mass is 448 g/mol. The lowest BCUT2D eigenvalue weighted by atomic mass is 10.1. The van der Waals surface area contributed by atoms with Gasteiger partial charge in [-0.2, -0.15) is 0 Å². The Morgan fingerprint density at radius 1 is 1.09 bits per heavy atom. The third kappa shape index (κ3) is 7.60. The van der Waals surface area contributed by atoms with E-state index in [0.29, 0.717) is 36.9 Å². The van der Waals surface area contributed by atoms with Crippen LogP contribution in [0.3, 0.4) is 0 Å². The minimum atomic E-state index is -0.591. The van der Waals surface area contributed by atoms with Crippen molar-refractivity contribution in [3.05, 3.63) is 18.2 Å². The van der Waals surface area contributed by atoms with Crippen molar-refractivity contribution >= 4 is 23.7 Å². The van der Waals surface area contributed by atoms with E-state index in [1.165, 1.54) is 0 Å². The topological polar surface area (TPSA) is 118 Å². The summed E-state index contributed by atoms with van der Waals surface area (Å²) in [5.74, 6) is 0.835. The molecule has 1 aromatic carbocycles. The standard InChI is InChI=1S/C22H32N4O6/c1-22(2,3)32-21(29)24-15-6-9-26(10-7-15)11-8-19(27)25-20(28)23-16-4-5-17-18(14-16)31-13-12-30-17/h4-5,14-15H,6-13H2,1-3H3,(H,24,29)(H2,23,25,27,28). The number of amides is 4. The van der Waals surface area contributed by atoms with Crippen LogP contribution in [0.4, 0.5) is 15.3 Å². The Kier molecular flexibility index (Phi) is 7.79. The third-order valence-corrected chi connectivity index (χ3v) is 5.02. The van der Waals surface area contributed by atoms with Crippen LogP contribution in [0.15, 0.2) is 18.2 Å². The molecule has 32 heavy (non-hydrogen) atoms. The molecule has 0 atom stereocenters. The number of rotatable bonds is 5. The van der Waals surface area contributed by atoms with E-state index < -0.39 is 17.7 Å². The molecule has 2 heterocycles. The summed E-state index contributed by atoms with van der Waals surface area (Å²) in [5.41, 5.74) is -0.00823. The van der Waals surface area contributed by atoms with Crippen molar-refractivity contribution in [1.82, 2.24) is 15.5 Å². The summed E-state index contributed by atoms with van der Waals surface area (Å²) >= 11 is 0. The number of hydrogen-bond acceptors (Lipinski definition) is 7. The van der Waals surface area contributed by atoms with Gasteiger partial charge in [0.25, 0.3) is 0 Å². The van der Waals surface area contributed by atoms with Gasteiger partial charge in [0.05, 0.1) is 0 Å². The molecule has 176 valence electrons. The van der Waals surface area contributed by atoms with Crippen molar-refractivity contribution < 1.29 is 28.6 Å². The van der Waals surface area contributed by atoms with Crippen molar-refractivity contribution in [2.24, 2.45) is 0 Å². The zero-order chi connectivity index (χ0) is 23.1. The maximum atomic E-state index is 12.1. The number of nitrogens with zero attached hydrogens (tertiary/aromatic N) is 1. The van der Waals surface area contributed by atoms with E-state index in [9.17, 15) is 14.4 Å². The fourth-order valence-corrected chi connectivity index (χ4v) is 3.51. The second-order valence-corrected chi connectivity index (χ2v) is 8.87.